The lowest BCUT2D eigenvalue weighted by atomic mass is 9.81. The van der Waals surface area contributed by atoms with Gasteiger partial charge in [-0.2, -0.15) is 0 Å². The van der Waals surface area contributed by atoms with Gasteiger partial charge >= 0.3 is 0 Å². The van der Waals surface area contributed by atoms with Crippen LogP contribution >= 0.6 is 0 Å². The molecule has 0 saturated carbocycles. The van der Waals surface area contributed by atoms with Gasteiger partial charge in [-0.25, -0.2) is 15.0 Å². The fourth-order valence-electron chi connectivity index (χ4n) is 10.4. The molecule has 0 amide bonds. The van der Waals surface area contributed by atoms with Gasteiger partial charge in [0.2, 0.25) is 0 Å². The maximum Gasteiger partial charge on any atom is 0.164 e. The van der Waals surface area contributed by atoms with Crippen molar-refractivity contribution in [1.29, 1.82) is 0 Å². The molecule has 1 aliphatic carbocycles. The summed E-state index contributed by atoms with van der Waals surface area (Å²) in [4.78, 5) is 16.3. The molecule has 0 fully saturated rings. The molecule has 64 heavy (non-hydrogen) atoms. The van der Waals surface area contributed by atoms with Gasteiger partial charge in [0.25, 0.3) is 0 Å². The Morgan fingerprint density at radius 3 is 1.67 bits per heavy atom. The Bertz CT molecular complexity index is 3850. The van der Waals surface area contributed by atoms with Crippen molar-refractivity contribution in [3.63, 3.8) is 0 Å². The van der Waals surface area contributed by atoms with E-state index in [9.17, 15) is 0 Å². The Hall–Kier alpha value is -8.21. The highest BCUT2D eigenvalue weighted by Gasteiger charge is 2.39. The Morgan fingerprint density at radius 1 is 0.344 bits per heavy atom. The minimum atomic E-state index is -0.279. The van der Waals surface area contributed by atoms with E-state index in [-0.39, 0.29) is 5.41 Å². The van der Waals surface area contributed by atoms with Crippen LogP contribution in [0.15, 0.2) is 205 Å². The zero-order valence-electron chi connectivity index (χ0n) is 35.3. The number of nitrogens with zero attached hydrogens (tertiary/aromatic N) is 3. The largest absolute Gasteiger partial charge is 0.455 e. The predicted octanol–water partition coefficient (Wildman–Crippen LogP) is 15.9. The van der Waals surface area contributed by atoms with Crippen molar-refractivity contribution in [2.24, 2.45) is 0 Å². The molecule has 12 aromatic rings. The van der Waals surface area contributed by atoms with Crippen molar-refractivity contribution in [1.82, 2.24) is 15.0 Å². The smallest absolute Gasteiger partial charge is 0.164 e. The summed E-state index contributed by atoms with van der Waals surface area (Å²) < 4.78 is 6.89. The van der Waals surface area contributed by atoms with Gasteiger partial charge in [-0.05, 0) is 89.5 Å². The van der Waals surface area contributed by atoms with E-state index >= 15 is 0 Å². The monoisotopic (exact) mass is 817 g/mol. The lowest BCUT2D eigenvalue weighted by Crippen LogP contribution is -2.15. The summed E-state index contributed by atoms with van der Waals surface area (Å²) in [6, 6.07) is 71.3. The minimum Gasteiger partial charge on any atom is -0.455 e. The number of rotatable bonds is 5. The minimum absolute atomic E-state index is 0.279. The third kappa shape index (κ3) is 5.45. The second-order valence-corrected chi connectivity index (χ2v) is 17.5. The van der Waals surface area contributed by atoms with Crippen molar-refractivity contribution in [3.8, 4) is 67.5 Å². The lowest BCUT2D eigenvalue weighted by Gasteiger charge is -2.22. The third-order valence-electron chi connectivity index (χ3n) is 13.5. The quantitative estimate of drug-likeness (QED) is 0.162. The average molecular weight is 818 g/mol. The molecule has 300 valence electrons. The Labute approximate surface area is 370 Å². The molecule has 0 atom stereocenters. The molecular formula is C60H39N3O. The first-order valence-electron chi connectivity index (χ1n) is 21.9. The second kappa shape index (κ2) is 13.9. The number of aromatic nitrogens is 3. The van der Waals surface area contributed by atoms with E-state index in [2.05, 4.69) is 202 Å². The number of furan rings is 1. The molecule has 13 rings (SSSR count). The normalized spacial score (nSPS) is 13.0. The van der Waals surface area contributed by atoms with Gasteiger partial charge in [-0.15, -0.1) is 0 Å². The SMILES string of the molecule is CC1(C)c2ccccc2-c2c1cc(-c1nc(-c3ccc(-c4ccccc4)cc3)nc(-c3cccc4c3ccc3c5ccccc5c(-c5ccccc5)cc43)n1)c1c2oc2ccccc21. The van der Waals surface area contributed by atoms with Gasteiger partial charge < -0.3 is 4.42 Å². The van der Waals surface area contributed by atoms with E-state index in [1.807, 2.05) is 12.1 Å². The number of hydrogen-bond donors (Lipinski definition) is 0. The summed E-state index contributed by atoms with van der Waals surface area (Å²) in [5.74, 6) is 1.83. The maximum absolute atomic E-state index is 6.89. The number of fused-ring (bicyclic) bond motifs is 12. The molecule has 4 heteroatoms. The molecule has 0 radical (unpaired) electrons. The van der Waals surface area contributed by atoms with E-state index in [0.717, 1.165) is 66.1 Å². The van der Waals surface area contributed by atoms with E-state index in [1.54, 1.807) is 0 Å². The summed E-state index contributed by atoms with van der Waals surface area (Å²) >= 11 is 0. The van der Waals surface area contributed by atoms with E-state index in [4.69, 9.17) is 19.4 Å². The van der Waals surface area contributed by atoms with Gasteiger partial charge in [0.15, 0.2) is 17.5 Å². The Balaban J connectivity index is 1.09. The predicted molar refractivity (Wildman–Crippen MR) is 264 cm³/mol. The summed E-state index contributed by atoms with van der Waals surface area (Å²) in [7, 11) is 0. The van der Waals surface area contributed by atoms with Crippen LogP contribution < -0.4 is 0 Å². The summed E-state index contributed by atoms with van der Waals surface area (Å²) in [6.07, 6.45) is 0. The van der Waals surface area contributed by atoms with Crippen LogP contribution in [-0.4, -0.2) is 15.0 Å². The van der Waals surface area contributed by atoms with Gasteiger partial charge in [0, 0.05) is 38.4 Å². The van der Waals surface area contributed by atoms with Crippen LogP contribution in [0.5, 0.6) is 0 Å². The van der Waals surface area contributed by atoms with E-state index < -0.39 is 0 Å². The zero-order chi connectivity index (χ0) is 42.5. The van der Waals surface area contributed by atoms with Crippen molar-refractivity contribution in [3.05, 3.63) is 211 Å². The van der Waals surface area contributed by atoms with Gasteiger partial charge in [-0.1, -0.05) is 196 Å². The molecule has 0 unspecified atom stereocenters. The average Bonchev–Trinajstić information content (AvgIpc) is 3.85. The molecular weight excluding hydrogens is 779 g/mol. The van der Waals surface area contributed by atoms with Crippen LogP contribution in [0.4, 0.5) is 0 Å². The fraction of sp³-hybridized carbons (Fsp3) is 0.0500. The summed E-state index contributed by atoms with van der Waals surface area (Å²) in [6.45, 7) is 4.61. The summed E-state index contributed by atoms with van der Waals surface area (Å²) in [5, 5.41) is 9.14. The van der Waals surface area contributed by atoms with Crippen LogP contribution in [0, 0.1) is 0 Å². The molecule has 0 saturated heterocycles. The highest BCUT2D eigenvalue weighted by molar-refractivity contribution is 6.22. The Kier molecular flexibility index (Phi) is 7.92. The van der Waals surface area contributed by atoms with Crippen molar-refractivity contribution >= 4 is 54.3 Å². The van der Waals surface area contributed by atoms with Crippen molar-refractivity contribution in [2.75, 3.05) is 0 Å². The van der Waals surface area contributed by atoms with Crippen LogP contribution in [0.25, 0.3) is 122 Å². The van der Waals surface area contributed by atoms with Gasteiger partial charge in [0.1, 0.15) is 11.2 Å². The van der Waals surface area contributed by atoms with E-state index in [0.29, 0.717) is 17.5 Å². The Morgan fingerprint density at radius 2 is 0.875 bits per heavy atom. The second-order valence-electron chi connectivity index (χ2n) is 17.5. The topological polar surface area (TPSA) is 51.8 Å². The zero-order valence-corrected chi connectivity index (χ0v) is 35.3. The third-order valence-corrected chi connectivity index (χ3v) is 13.5. The first-order valence-corrected chi connectivity index (χ1v) is 21.9. The first-order chi connectivity index (χ1) is 31.5. The van der Waals surface area contributed by atoms with E-state index in [1.165, 1.54) is 49.4 Å². The number of benzene rings is 10. The molecule has 2 aromatic heterocycles. The van der Waals surface area contributed by atoms with Crippen molar-refractivity contribution < 1.29 is 4.42 Å². The highest BCUT2D eigenvalue weighted by Crippen LogP contribution is 2.54. The van der Waals surface area contributed by atoms with Gasteiger partial charge in [0.05, 0.1) is 0 Å². The molecule has 0 bridgehead atoms. The molecule has 10 aromatic carbocycles. The van der Waals surface area contributed by atoms with Crippen LogP contribution in [0.1, 0.15) is 25.0 Å². The summed E-state index contributed by atoms with van der Waals surface area (Å²) in [5.41, 5.74) is 13.7. The lowest BCUT2D eigenvalue weighted by molar-refractivity contribution is 0.653. The fourth-order valence-corrected chi connectivity index (χ4v) is 10.4. The number of hydrogen-bond acceptors (Lipinski definition) is 4. The van der Waals surface area contributed by atoms with Crippen LogP contribution in [-0.2, 0) is 5.41 Å². The first kappa shape index (κ1) is 36.4. The molecule has 0 N–H and O–H groups in total. The van der Waals surface area contributed by atoms with Crippen LogP contribution in [0.2, 0.25) is 0 Å². The molecule has 2 heterocycles. The molecule has 0 aliphatic heterocycles. The highest BCUT2D eigenvalue weighted by atomic mass is 16.3. The number of para-hydroxylation sites is 1. The van der Waals surface area contributed by atoms with Crippen molar-refractivity contribution in [2.45, 2.75) is 19.3 Å². The van der Waals surface area contributed by atoms with Gasteiger partial charge in [-0.3, -0.25) is 0 Å². The molecule has 1 aliphatic rings. The molecule has 0 spiro atoms. The van der Waals surface area contributed by atoms with Crippen LogP contribution in [0.3, 0.4) is 0 Å². The standard InChI is InChI=1S/C60H39N3O/c1-60(2)51-26-13-11-22-46(51)55-52(60)35-50(54-47-23-12-14-27-53(47)64-56(54)55)59-62-57(39-30-28-37(29-31-39)36-16-5-3-6-17-36)61-58(63-59)45-25-15-24-42-43(45)32-33-44-40-20-9-10-21-41(40)48(34-49(42)44)38-18-7-4-8-19-38/h3-35H,1-2H3. The molecule has 4 nitrogen and oxygen atoms in total. The maximum atomic E-state index is 6.89.